The first-order valence-corrected chi connectivity index (χ1v) is 6.91. The van der Waals surface area contributed by atoms with E-state index >= 15 is 0 Å². The van der Waals surface area contributed by atoms with Gasteiger partial charge in [-0.15, -0.1) is 0 Å². The number of nitrogens with two attached hydrogens (primary N) is 1. The summed E-state index contributed by atoms with van der Waals surface area (Å²) in [5, 5.41) is 20.4. The second kappa shape index (κ2) is 6.79. The van der Waals surface area contributed by atoms with Crippen LogP contribution in [0.3, 0.4) is 0 Å². The Morgan fingerprint density at radius 1 is 1.42 bits per heavy atom. The number of hydrogen-bond donors (Lipinski definition) is 4. The molecule has 7 nitrogen and oxygen atoms in total. The fourth-order valence-electron chi connectivity index (χ4n) is 2.26. The third-order valence-corrected chi connectivity index (χ3v) is 3.55. The molecule has 0 radical (unpaired) electrons. The van der Waals surface area contributed by atoms with E-state index in [0.717, 1.165) is 12.1 Å². The van der Waals surface area contributed by atoms with Crippen LogP contribution in [-0.2, 0) is 22.2 Å². The number of benzene rings is 1. The Morgan fingerprint density at radius 3 is 2.67 bits per heavy atom. The number of aliphatic carboxylic acids is 1. The number of carboxylic acids is 1. The molecule has 0 saturated carbocycles. The lowest BCUT2D eigenvalue weighted by Gasteiger charge is -2.15. The molecule has 5 N–H and O–H groups in total. The van der Waals surface area contributed by atoms with E-state index in [1.54, 1.807) is 0 Å². The van der Waals surface area contributed by atoms with Crippen molar-refractivity contribution in [2.45, 2.75) is 25.2 Å². The number of rotatable bonds is 5. The van der Waals surface area contributed by atoms with Crippen LogP contribution in [0.25, 0.3) is 0 Å². The van der Waals surface area contributed by atoms with Gasteiger partial charge in [-0.2, -0.15) is 13.2 Å². The number of carbonyl (C=O) groups excluding carboxylic acids is 1. The van der Waals surface area contributed by atoms with Crippen molar-refractivity contribution in [2.24, 2.45) is 5.73 Å². The average molecular weight is 346 g/mol. The molecule has 1 heterocycles. The second-order valence-electron chi connectivity index (χ2n) is 5.25. The molecule has 0 aromatic heterocycles. The molecule has 1 unspecified atom stereocenters. The van der Waals surface area contributed by atoms with Crippen LogP contribution in [0, 0.1) is 0 Å². The highest BCUT2D eigenvalue weighted by Crippen LogP contribution is 2.33. The van der Waals surface area contributed by atoms with Gasteiger partial charge in [0.1, 0.15) is 6.04 Å². The molecule has 24 heavy (non-hydrogen) atoms. The molecule has 130 valence electrons. The maximum absolute atomic E-state index is 13.1. The SMILES string of the molecule is NC(CCNC(=O)c1cc2c(cc1C(F)(F)F)COB2O)C(=O)O. The monoisotopic (exact) mass is 346 g/mol. The zero-order valence-electron chi connectivity index (χ0n) is 12.3. The highest BCUT2D eigenvalue weighted by molar-refractivity contribution is 6.61. The molecule has 1 aromatic carbocycles. The fraction of sp³-hybridized carbons (Fsp3) is 0.385. The largest absolute Gasteiger partial charge is 0.491 e. The van der Waals surface area contributed by atoms with Gasteiger partial charge in [0, 0.05) is 6.54 Å². The molecule has 1 aliphatic rings. The second-order valence-corrected chi connectivity index (χ2v) is 5.25. The molecule has 2 rings (SSSR count). The standard InChI is InChI=1S/C13H14BF3N2O5/c15-13(16,17)8-3-6-5-24-14(23)9(6)4-7(8)11(20)19-2-1-10(18)12(21)22/h3-4,10,23H,1-2,5,18H2,(H,19,20)(H,21,22). The van der Waals surface area contributed by atoms with Crippen LogP contribution in [-0.4, -0.2) is 41.7 Å². The maximum atomic E-state index is 13.1. The third kappa shape index (κ3) is 3.86. The molecule has 0 aliphatic carbocycles. The Kier molecular flexibility index (Phi) is 5.16. The number of nitrogens with one attached hydrogen (secondary N) is 1. The minimum absolute atomic E-state index is 0.0930. The summed E-state index contributed by atoms with van der Waals surface area (Å²) in [5.41, 5.74) is 3.67. The van der Waals surface area contributed by atoms with E-state index in [9.17, 15) is 27.8 Å². The average Bonchev–Trinajstić information content (AvgIpc) is 2.85. The van der Waals surface area contributed by atoms with Crippen LogP contribution in [0.2, 0.25) is 0 Å². The molecule has 0 spiro atoms. The van der Waals surface area contributed by atoms with Gasteiger partial charge in [0.25, 0.3) is 5.91 Å². The summed E-state index contributed by atoms with van der Waals surface area (Å²) in [7, 11) is -1.39. The summed E-state index contributed by atoms with van der Waals surface area (Å²) >= 11 is 0. The Balaban J connectivity index is 2.23. The number of fused-ring (bicyclic) bond motifs is 1. The van der Waals surface area contributed by atoms with Crippen LogP contribution < -0.4 is 16.5 Å². The summed E-state index contributed by atoms with van der Waals surface area (Å²) in [6.07, 6.45) is -4.91. The zero-order valence-corrected chi connectivity index (χ0v) is 12.3. The van der Waals surface area contributed by atoms with E-state index < -0.39 is 42.3 Å². The molecular formula is C13H14BF3N2O5. The Morgan fingerprint density at radius 2 is 2.08 bits per heavy atom. The number of hydrogen-bond acceptors (Lipinski definition) is 5. The van der Waals surface area contributed by atoms with Gasteiger partial charge in [-0.25, -0.2) is 0 Å². The van der Waals surface area contributed by atoms with Gasteiger partial charge in [0.15, 0.2) is 0 Å². The lowest BCUT2D eigenvalue weighted by Crippen LogP contribution is -2.37. The first-order chi connectivity index (χ1) is 11.1. The van der Waals surface area contributed by atoms with E-state index in [4.69, 9.17) is 15.5 Å². The van der Waals surface area contributed by atoms with Gasteiger partial charge in [0.2, 0.25) is 0 Å². The van der Waals surface area contributed by atoms with Crippen LogP contribution in [0.15, 0.2) is 12.1 Å². The Labute approximate surface area is 134 Å². The summed E-state index contributed by atoms with van der Waals surface area (Å²) in [6, 6.07) is 0.466. The van der Waals surface area contributed by atoms with E-state index in [-0.39, 0.29) is 30.6 Å². The number of carbonyl (C=O) groups is 2. The predicted octanol–water partition coefficient (Wildman–Crippen LogP) is -0.545. The molecule has 1 aliphatic heterocycles. The fourth-order valence-corrected chi connectivity index (χ4v) is 2.26. The van der Waals surface area contributed by atoms with E-state index in [1.165, 1.54) is 0 Å². The minimum atomic E-state index is -4.77. The van der Waals surface area contributed by atoms with Crippen molar-refractivity contribution in [1.29, 1.82) is 0 Å². The lowest BCUT2D eigenvalue weighted by atomic mass is 9.77. The highest BCUT2D eigenvalue weighted by Gasteiger charge is 2.39. The van der Waals surface area contributed by atoms with E-state index in [1.807, 2.05) is 0 Å². The van der Waals surface area contributed by atoms with Gasteiger partial charge in [-0.05, 0) is 29.6 Å². The lowest BCUT2D eigenvalue weighted by molar-refractivity contribution is -0.139. The first-order valence-electron chi connectivity index (χ1n) is 6.91. The first kappa shape index (κ1) is 18.2. The summed E-state index contributed by atoms with van der Waals surface area (Å²) < 4.78 is 44.3. The highest BCUT2D eigenvalue weighted by atomic mass is 19.4. The van der Waals surface area contributed by atoms with Gasteiger partial charge in [-0.3, -0.25) is 9.59 Å². The summed E-state index contributed by atoms with van der Waals surface area (Å²) in [4.78, 5) is 22.6. The van der Waals surface area contributed by atoms with Gasteiger partial charge < -0.3 is 25.8 Å². The molecule has 1 amide bonds. The van der Waals surface area contributed by atoms with Gasteiger partial charge in [-0.1, -0.05) is 0 Å². The zero-order chi connectivity index (χ0) is 18.1. The molecule has 1 atom stereocenters. The topological polar surface area (TPSA) is 122 Å². The minimum Gasteiger partial charge on any atom is -0.480 e. The number of alkyl halides is 3. The van der Waals surface area contributed by atoms with Crippen molar-refractivity contribution in [1.82, 2.24) is 5.32 Å². The van der Waals surface area contributed by atoms with Crippen molar-refractivity contribution < 1.29 is 37.5 Å². The molecule has 1 aromatic rings. The number of carboxylic acid groups (broad SMARTS) is 1. The molecule has 11 heteroatoms. The molecule has 0 bridgehead atoms. The third-order valence-electron chi connectivity index (χ3n) is 3.55. The molecule has 0 fully saturated rings. The van der Waals surface area contributed by atoms with E-state index in [2.05, 4.69) is 5.32 Å². The maximum Gasteiger partial charge on any atom is 0.491 e. The number of halogens is 3. The quantitative estimate of drug-likeness (QED) is 0.531. The summed E-state index contributed by atoms with van der Waals surface area (Å²) in [6.45, 7) is -0.394. The van der Waals surface area contributed by atoms with Crippen molar-refractivity contribution in [3.8, 4) is 0 Å². The predicted molar refractivity (Wildman–Crippen MR) is 76.4 cm³/mol. The van der Waals surface area contributed by atoms with Gasteiger partial charge in [0.05, 0.1) is 17.7 Å². The van der Waals surface area contributed by atoms with Crippen molar-refractivity contribution >= 4 is 24.5 Å². The van der Waals surface area contributed by atoms with Crippen molar-refractivity contribution in [2.75, 3.05) is 6.54 Å². The van der Waals surface area contributed by atoms with Crippen molar-refractivity contribution in [3.63, 3.8) is 0 Å². The smallest absolute Gasteiger partial charge is 0.480 e. The number of amides is 1. The van der Waals surface area contributed by atoms with Gasteiger partial charge >= 0.3 is 19.3 Å². The van der Waals surface area contributed by atoms with Crippen LogP contribution in [0.4, 0.5) is 13.2 Å². The molecule has 0 saturated heterocycles. The van der Waals surface area contributed by atoms with Crippen LogP contribution in [0.1, 0.15) is 27.9 Å². The molecular weight excluding hydrogens is 332 g/mol. The Hall–Kier alpha value is -2.11. The van der Waals surface area contributed by atoms with E-state index in [0.29, 0.717) is 0 Å². The Bertz CT molecular complexity index is 668. The van der Waals surface area contributed by atoms with Crippen molar-refractivity contribution in [3.05, 3.63) is 28.8 Å². The summed E-state index contributed by atoms with van der Waals surface area (Å²) in [5.74, 6) is -2.32. The van der Waals surface area contributed by atoms with Crippen LogP contribution >= 0.6 is 0 Å². The normalized spacial score (nSPS) is 15.1. The van der Waals surface area contributed by atoms with Crippen LogP contribution in [0.5, 0.6) is 0 Å².